The molecule has 21 heavy (non-hydrogen) atoms. The molecule has 1 unspecified atom stereocenters. The molecule has 8 heteroatoms. The van der Waals surface area contributed by atoms with Crippen LogP contribution in [0.3, 0.4) is 0 Å². The molecule has 0 radical (unpaired) electrons. The zero-order valence-electron chi connectivity index (χ0n) is 11.4. The Morgan fingerprint density at radius 1 is 1.14 bits per heavy atom. The number of hydrogen-bond acceptors (Lipinski definition) is 8. The van der Waals surface area contributed by atoms with Gasteiger partial charge in [0.1, 0.15) is 6.10 Å². The number of nitrogens with two attached hydrogens (primary N) is 1. The summed E-state index contributed by atoms with van der Waals surface area (Å²) in [6, 6.07) is 9.66. The van der Waals surface area contributed by atoms with Crippen LogP contribution in [0.1, 0.15) is 11.9 Å². The van der Waals surface area contributed by atoms with Crippen molar-refractivity contribution in [2.45, 2.75) is 6.10 Å². The van der Waals surface area contributed by atoms with E-state index in [1.54, 1.807) is 0 Å². The summed E-state index contributed by atoms with van der Waals surface area (Å²) in [7, 11) is 0. The fourth-order valence-electron chi connectivity index (χ4n) is 2.04. The van der Waals surface area contributed by atoms with Gasteiger partial charge in [0.25, 0.3) is 0 Å². The third-order valence-electron chi connectivity index (χ3n) is 3.03. The Hall–Kier alpha value is -2.29. The standard InChI is InChI=1S/C13H17N7O/c14-20-13-18-11(10-8-15-6-7-21-10)17-12(19-13)16-9-4-2-1-3-5-9/h1-5,10,15H,6-8,14H2,(H2,16,17,18,19,20). The lowest BCUT2D eigenvalue weighted by Crippen LogP contribution is -2.34. The quantitative estimate of drug-likeness (QED) is 0.477. The molecule has 1 aliphatic heterocycles. The van der Waals surface area contributed by atoms with Gasteiger partial charge >= 0.3 is 0 Å². The minimum absolute atomic E-state index is 0.204. The molecule has 2 heterocycles. The molecule has 0 spiro atoms. The van der Waals surface area contributed by atoms with E-state index in [0.29, 0.717) is 30.9 Å². The smallest absolute Gasteiger partial charge is 0.242 e. The van der Waals surface area contributed by atoms with Crippen LogP contribution < -0.4 is 21.9 Å². The molecule has 1 aromatic heterocycles. The van der Waals surface area contributed by atoms with Gasteiger partial charge in [-0.1, -0.05) is 18.2 Å². The summed E-state index contributed by atoms with van der Waals surface area (Å²) in [5.41, 5.74) is 3.34. The number of benzene rings is 1. The van der Waals surface area contributed by atoms with Gasteiger partial charge in [-0.25, -0.2) is 5.84 Å². The molecule has 1 aromatic carbocycles. The lowest BCUT2D eigenvalue weighted by atomic mass is 10.3. The minimum Gasteiger partial charge on any atom is -0.368 e. The van der Waals surface area contributed by atoms with Crippen LogP contribution in [0, 0.1) is 0 Å². The summed E-state index contributed by atoms with van der Waals surface area (Å²) < 4.78 is 5.66. The maximum Gasteiger partial charge on any atom is 0.242 e. The third-order valence-corrected chi connectivity index (χ3v) is 3.03. The number of hydrazine groups is 1. The molecule has 8 nitrogen and oxygen atoms in total. The van der Waals surface area contributed by atoms with Gasteiger partial charge in [-0.3, -0.25) is 5.43 Å². The van der Waals surface area contributed by atoms with E-state index in [4.69, 9.17) is 10.6 Å². The van der Waals surface area contributed by atoms with Crippen LogP contribution in [-0.4, -0.2) is 34.6 Å². The molecular formula is C13H17N7O. The van der Waals surface area contributed by atoms with E-state index in [1.807, 2.05) is 30.3 Å². The summed E-state index contributed by atoms with van der Waals surface area (Å²) in [5.74, 6) is 6.69. The minimum atomic E-state index is -0.204. The van der Waals surface area contributed by atoms with Gasteiger partial charge in [0.2, 0.25) is 11.9 Å². The normalized spacial score (nSPS) is 18.2. The number of hydrogen-bond donors (Lipinski definition) is 4. The van der Waals surface area contributed by atoms with Crippen LogP contribution in [0.4, 0.5) is 17.6 Å². The maximum absolute atomic E-state index is 5.66. The molecule has 5 N–H and O–H groups in total. The van der Waals surface area contributed by atoms with E-state index in [9.17, 15) is 0 Å². The van der Waals surface area contributed by atoms with E-state index in [2.05, 4.69) is 31.0 Å². The lowest BCUT2D eigenvalue weighted by Gasteiger charge is -2.22. The van der Waals surface area contributed by atoms with E-state index in [-0.39, 0.29) is 6.10 Å². The summed E-state index contributed by atoms with van der Waals surface area (Å²) in [6.45, 7) is 2.13. The van der Waals surface area contributed by atoms with E-state index in [1.165, 1.54) is 0 Å². The van der Waals surface area contributed by atoms with Crippen molar-refractivity contribution in [1.29, 1.82) is 0 Å². The third kappa shape index (κ3) is 3.43. The number of rotatable bonds is 4. The molecule has 110 valence electrons. The number of para-hydroxylation sites is 1. The van der Waals surface area contributed by atoms with Gasteiger partial charge in [-0.2, -0.15) is 15.0 Å². The van der Waals surface area contributed by atoms with Crippen LogP contribution in [-0.2, 0) is 4.74 Å². The highest BCUT2D eigenvalue weighted by Gasteiger charge is 2.20. The van der Waals surface area contributed by atoms with E-state index >= 15 is 0 Å². The molecule has 0 saturated carbocycles. The summed E-state index contributed by atoms with van der Waals surface area (Å²) in [5, 5.41) is 6.37. The number of ether oxygens (including phenoxy) is 1. The van der Waals surface area contributed by atoms with Crippen LogP contribution in [0.25, 0.3) is 0 Å². The first-order valence-corrected chi connectivity index (χ1v) is 6.72. The number of nitrogens with zero attached hydrogens (tertiary/aromatic N) is 3. The van der Waals surface area contributed by atoms with Crippen molar-refractivity contribution < 1.29 is 4.74 Å². The molecule has 2 aromatic rings. The van der Waals surface area contributed by atoms with Gasteiger partial charge in [0, 0.05) is 18.8 Å². The largest absolute Gasteiger partial charge is 0.368 e. The second-order valence-electron chi connectivity index (χ2n) is 4.54. The topological polar surface area (TPSA) is 110 Å². The van der Waals surface area contributed by atoms with Crippen LogP contribution >= 0.6 is 0 Å². The average Bonchev–Trinajstić information content (AvgIpc) is 2.56. The number of nitrogens with one attached hydrogen (secondary N) is 3. The van der Waals surface area contributed by atoms with Gasteiger partial charge in [-0.05, 0) is 12.1 Å². The first kappa shape index (κ1) is 13.7. The van der Waals surface area contributed by atoms with E-state index in [0.717, 1.165) is 12.2 Å². The molecule has 1 atom stereocenters. The second kappa shape index (κ2) is 6.44. The first-order valence-electron chi connectivity index (χ1n) is 6.72. The highest BCUT2D eigenvalue weighted by Crippen LogP contribution is 2.19. The van der Waals surface area contributed by atoms with Crippen molar-refractivity contribution in [3.63, 3.8) is 0 Å². The molecule has 3 rings (SSSR count). The van der Waals surface area contributed by atoms with Crippen molar-refractivity contribution in [1.82, 2.24) is 20.3 Å². The Morgan fingerprint density at radius 2 is 1.95 bits per heavy atom. The van der Waals surface area contributed by atoms with Gasteiger partial charge in [-0.15, -0.1) is 0 Å². The number of anilines is 3. The molecule has 1 fully saturated rings. The first-order chi connectivity index (χ1) is 10.3. The number of morpholine rings is 1. The Kier molecular flexibility index (Phi) is 4.20. The van der Waals surface area contributed by atoms with Gasteiger partial charge in [0.05, 0.1) is 6.61 Å². The zero-order chi connectivity index (χ0) is 14.5. The van der Waals surface area contributed by atoms with Crippen molar-refractivity contribution in [3.05, 3.63) is 36.2 Å². The molecular weight excluding hydrogens is 270 g/mol. The summed E-state index contributed by atoms with van der Waals surface area (Å²) in [4.78, 5) is 12.9. The van der Waals surface area contributed by atoms with Crippen molar-refractivity contribution in [2.75, 3.05) is 30.4 Å². The fraction of sp³-hybridized carbons (Fsp3) is 0.308. The Labute approximate surface area is 122 Å². The highest BCUT2D eigenvalue weighted by molar-refractivity contribution is 5.53. The summed E-state index contributed by atoms with van der Waals surface area (Å²) in [6.07, 6.45) is -0.204. The second-order valence-corrected chi connectivity index (χ2v) is 4.54. The van der Waals surface area contributed by atoms with Crippen LogP contribution in [0.5, 0.6) is 0 Å². The monoisotopic (exact) mass is 287 g/mol. The number of aromatic nitrogens is 3. The fourth-order valence-corrected chi connectivity index (χ4v) is 2.04. The zero-order valence-corrected chi connectivity index (χ0v) is 11.4. The molecule has 0 bridgehead atoms. The van der Waals surface area contributed by atoms with Gasteiger partial charge in [0.15, 0.2) is 5.82 Å². The van der Waals surface area contributed by atoms with Crippen LogP contribution in [0.15, 0.2) is 30.3 Å². The predicted molar refractivity (Wildman–Crippen MR) is 78.9 cm³/mol. The maximum atomic E-state index is 5.66. The molecule has 0 amide bonds. The highest BCUT2D eigenvalue weighted by atomic mass is 16.5. The van der Waals surface area contributed by atoms with Gasteiger partial charge < -0.3 is 15.4 Å². The Balaban J connectivity index is 1.85. The van der Waals surface area contributed by atoms with Crippen molar-refractivity contribution >= 4 is 17.6 Å². The summed E-state index contributed by atoms with van der Waals surface area (Å²) >= 11 is 0. The van der Waals surface area contributed by atoms with E-state index < -0.39 is 0 Å². The molecule has 0 aliphatic carbocycles. The van der Waals surface area contributed by atoms with Crippen molar-refractivity contribution in [3.8, 4) is 0 Å². The predicted octanol–water partition coefficient (Wildman–Crippen LogP) is 0.562. The number of nitrogen functional groups attached to an aromatic ring is 1. The van der Waals surface area contributed by atoms with Crippen LogP contribution in [0.2, 0.25) is 0 Å². The Morgan fingerprint density at radius 3 is 2.67 bits per heavy atom. The lowest BCUT2D eigenvalue weighted by molar-refractivity contribution is 0.0222. The average molecular weight is 287 g/mol. The molecule has 1 aliphatic rings. The SMILES string of the molecule is NNc1nc(Nc2ccccc2)nc(C2CNCCO2)n1. The Bertz CT molecular complexity index is 586. The van der Waals surface area contributed by atoms with Crippen molar-refractivity contribution in [2.24, 2.45) is 5.84 Å². The molecule has 1 saturated heterocycles.